The number of thiophene rings is 1. The number of nitrogens with one attached hydrogen (secondary N) is 1. The Morgan fingerprint density at radius 3 is 2.63 bits per heavy atom. The summed E-state index contributed by atoms with van der Waals surface area (Å²) < 4.78 is 42.4. The Kier molecular flexibility index (Phi) is 5.64. The van der Waals surface area contributed by atoms with E-state index in [1.54, 1.807) is 18.4 Å². The van der Waals surface area contributed by atoms with Crippen molar-refractivity contribution in [3.63, 3.8) is 0 Å². The molecule has 1 atom stereocenters. The zero-order chi connectivity index (χ0) is 19.9. The number of halogens is 5. The number of carbonyl (C=O) groups is 1. The molecule has 0 unspecified atom stereocenters. The number of alkyl halides is 3. The molecule has 3 aromatic heterocycles. The van der Waals surface area contributed by atoms with Gasteiger partial charge in [-0.25, -0.2) is 9.50 Å². The van der Waals surface area contributed by atoms with Crippen molar-refractivity contribution in [2.75, 3.05) is 0 Å². The number of nitrogens with zero attached hydrogens (tertiary/aromatic N) is 3. The largest absolute Gasteiger partial charge is 0.433 e. The highest BCUT2D eigenvalue weighted by molar-refractivity contribution is 9.11. The predicted octanol–water partition coefficient (Wildman–Crippen LogP) is 5.53. The van der Waals surface area contributed by atoms with E-state index >= 15 is 0 Å². The van der Waals surface area contributed by atoms with E-state index in [-0.39, 0.29) is 27.5 Å². The number of amides is 1. The molecule has 5 nitrogen and oxygen atoms in total. The quantitative estimate of drug-likeness (QED) is 0.487. The number of hydrogen-bond donors (Lipinski definition) is 1. The van der Waals surface area contributed by atoms with Crippen LogP contribution in [-0.4, -0.2) is 26.5 Å². The molecule has 0 bridgehead atoms. The molecule has 0 spiro atoms. The molecule has 0 aromatic carbocycles. The summed E-state index contributed by atoms with van der Waals surface area (Å²) in [5, 5.41) is 8.33. The van der Waals surface area contributed by atoms with Gasteiger partial charge in [0.1, 0.15) is 0 Å². The second kappa shape index (κ2) is 7.51. The number of rotatable bonds is 4. The molecule has 0 saturated heterocycles. The number of hydrogen-bond acceptors (Lipinski definition) is 4. The maximum Gasteiger partial charge on any atom is 0.433 e. The van der Waals surface area contributed by atoms with Crippen molar-refractivity contribution in [1.29, 1.82) is 0 Å². The fraction of sp³-hybridized carbons (Fsp3) is 0.312. The van der Waals surface area contributed by atoms with Crippen molar-refractivity contribution in [2.24, 2.45) is 0 Å². The Balaban J connectivity index is 2.21. The summed E-state index contributed by atoms with van der Waals surface area (Å²) in [6.07, 6.45) is -3.99. The van der Waals surface area contributed by atoms with Crippen LogP contribution in [0.5, 0.6) is 0 Å². The molecule has 0 radical (unpaired) electrons. The molecule has 27 heavy (non-hydrogen) atoms. The molecular formula is C16H13Br2F3N4OS. The second-order valence-electron chi connectivity index (χ2n) is 5.83. The van der Waals surface area contributed by atoms with Crippen molar-refractivity contribution >= 4 is 54.8 Å². The van der Waals surface area contributed by atoms with Crippen LogP contribution in [0.15, 0.2) is 26.5 Å². The minimum Gasteiger partial charge on any atom is -0.348 e. The van der Waals surface area contributed by atoms with E-state index in [4.69, 9.17) is 0 Å². The lowest BCUT2D eigenvalue weighted by atomic mass is 10.2. The SMILES string of the molecule is CC[C@@H](C)NC(=O)c1nn2c(C(F)(F)F)cc(-c3cc(Br)cs3)nc2c1Br. The Morgan fingerprint density at radius 2 is 2.07 bits per heavy atom. The van der Waals surface area contributed by atoms with E-state index < -0.39 is 17.8 Å². The van der Waals surface area contributed by atoms with Gasteiger partial charge in [0.25, 0.3) is 5.91 Å². The van der Waals surface area contributed by atoms with Crippen LogP contribution in [0.1, 0.15) is 36.5 Å². The van der Waals surface area contributed by atoms with Gasteiger partial charge in [-0.1, -0.05) is 6.92 Å². The fourth-order valence-corrected chi connectivity index (χ4v) is 4.21. The zero-order valence-corrected chi connectivity index (χ0v) is 18.1. The van der Waals surface area contributed by atoms with Gasteiger partial charge in [0.05, 0.1) is 15.0 Å². The predicted molar refractivity (Wildman–Crippen MR) is 104 cm³/mol. The summed E-state index contributed by atoms with van der Waals surface area (Å²) in [4.78, 5) is 17.3. The average molecular weight is 526 g/mol. The van der Waals surface area contributed by atoms with Gasteiger partial charge >= 0.3 is 6.18 Å². The van der Waals surface area contributed by atoms with E-state index in [9.17, 15) is 18.0 Å². The Hall–Kier alpha value is -1.46. The van der Waals surface area contributed by atoms with E-state index in [0.717, 1.165) is 10.5 Å². The highest BCUT2D eigenvalue weighted by Crippen LogP contribution is 2.36. The lowest BCUT2D eigenvalue weighted by Crippen LogP contribution is -2.32. The van der Waals surface area contributed by atoms with Crippen LogP contribution in [0.4, 0.5) is 13.2 Å². The summed E-state index contributed by atoms with van der Waals surface area (Å²) >= 11 is 7.74. The Labute approximate surface area is 173 Å². The highest BCUT2D eigenvalue weighted by Gasteiger charge is 2.36. The van der Waals surface area contributed by atoms with E-state index in [1.807, 2.05) is 6.92 Å². The number of carbonyl (C=O) groups excluding carboxylic acids is 1. The number of fused-ring (bicyclic) bond motifs is 1. The fourth-order valence-electron chi connectivity index (χ4n) is 2.31. The van der Waals surface area contributed by atoms with E-state index in [1.165, 1.54) is 11.3 Å². The summed E-state index contributed by atoms with van der Waals surface area (Å²) in [6.45, 7) is 3.69. The maximum absolute atomic E-state index is 13.6. The topological polar surface area (TPSA) is 59.3 Å². The van der Waals surface area contributed by atoms with Gasteiger partial charge in [0.15, 0.2) is 17.0 Å². The van der Waals surface area contributed by atoms with Crippen LogP contribution < -0.4 is 5.32 Å². The molecule has 1 amide bonds. The molecule has 0 fully saturated rings. The summed E-state index contributed by atoms with van der Waals surface area (Å²) in [5.41, 5.74) is -1.06. The molecule has 144 valence electrons. The minimum atomic E-state index is -4.67. The summed E-state index contributed by atoms with van der Waals surface area (Å²) in [6, 6.07) is 2.48. The van der Waals surface area contributed by atoms with Gasteiger partial charge < -0.3 is 5.32 Å². The van der Waals surface area contributed by atoms with E-state index in [0.29, 0.717) is 15.8 Å². The third-order valence-electron chi connectivity index (χ3n) is 3.85. The van der Waals surface area contributed by atoms with Gasteiger partial charge in [-0.05, 0) is 57.3 Å². The highest BCUT2D eigenvalue weighted by atomic mass is 79.9. The number of aromatic nitrogens is 3. The first-order chi connectivity index (χ1) is 12.6. The van der Waals surface area contributed by atoms with Crippen molar-refractivity contribution in [1.82, 2.24) is 19.9 Å². The Morgan fingerprint density at radius 1 is 1.37 bits per heavy atom. The van der Waals surface area contributed by atoms with Gasteiger partial charge in [-0.15, -0.1) is 11.3 Å². The van der Waals surface area contributed by atoms with Gasteiger partial charge in [-0.2, -0.15) is 18.3 Å². The van der Waals surface area contributed by atoms with Crippen molar-refractivity contribution in [3.8, 4) is 10.6 Å². The molecule has 0 aliphatic heterocycles. The summed E-state index contributed by atoms with van der Waals surface area (Å²) in [7, 11) is 0. The molecule has 3 heterocycles. The standard InChI is InChI=1S/C16H13Br2F3N4OS/c1-3-7(2)22-15(26)13-12(18)14-23-9(10-4-8(17)6-27-10)5-11(16(19,20)21)25(14)24-13/h4-7H,3H2,1-2H3,(H,22,26)/t7-/m1/s1. The van der Waals surface area contributed by atoms with Crippen LogP contribution in [0.25, 0.3) is 16.2 Å². The smallest absolute Gasteiger partial charge is 0.348 e. The lowest BCUT2D eigenvalue weighted by molar-refractivity contribution is -0.142. The average Bonchev–Trinajstić information content (AvgIpc) is 3.17. The van der Waals surface area contributed by atoms with Gasteiger partial charge in [0, 0.05) is 15.9 Å². The first kappa shape index (κ1) is 20.3. The van der Waals surface area contributed by atoms with Crippen LogP contribution in [0, 0.1) is 0 Å². The first-order valence-corrected chi connectivity index (χ1v) is 10.3. The van der Waals surface area contributed by atoms with Crippen LogP contribution in [0.2, 0.25) is 0 Å². The molecule has 0 aliphatic rings. The van der Waals surface area contributed by atoms with Crippen molar-refractivity contribution in [3.05, 3.63) is 37.8 Å². The molecule has 11 heteroatoms. The summed E-state index contributed by atoms with van der Waals surface area (Å²) in [5.74, 6) is -0.560. The van der Waals surface area contributed by atoms with E-state index in [2.05, 4.69) is 47.3 Å². The second-order valence-corrected chi connectivity index (χ2v) is 8.45. The van der Waals surface area contributed by atoms with Crippen molar-refractivity contribution < 1.29 is 18.0 Å². The monoisotopic (exact) mass is 524 g/mol. The van der Waals surface area contributed by atoms with Crippen LogP contribution in [0.3, 0.4) is 0 Å². The molecule has 0 aliphatic carbocycles. The maximum atomic E-state index is 13.6. The lowest BCUT2D eigenvalue weighted by Gasteiger charge is -2.10. The molecule has 1 N–H and O–H groups in total. The molecular weight excluding hydrogens is 513 g/mol. The van der Waals surface area contributed by atoms with Crippen LogP contribution in [-0.2, 0) is 6.18 Å². The molecule has 0 saturated carbocycles. The Bertz CT molecular complexity index is 1020. The first-order valence-electron chi connectivity index (χ1n) is 7.83. The molecule has 3 rings (SSSR count). The van der Waals surface area contributed by atoms with Crippen LogP contribution >= 0.6 is 43.2 Å². The van der Waals surface area contributed by atoms with Crippen molar-refractivity contribution in [2.45, 2.75) is 32.5 Å². The zero-order valence-electron chi connectivity index (χ0n) is 14.1. The van der Waals surface area contributed by atoms with Gasteiger partial charge in [-0.3, -0.25) is 4.79 Å². The third-order valence-corrected chi connectivity index (χ3v) is 6.29. The van der Waals surface area contributed by atoms with Gasteiger partial charge in [0.2, 0.25) is 0 Å². The normalized spacial score (nSPS) is 13.1. The third kappa shape index (κ3) is 4.04. The minimum absolute atomic E-state index is 0.0707. The molecule has 3 aromatic rings.